The molecule has 3 aromatic rings. The Bertz CT molecular complexity index is 961. The van der Waals surface area contributed by atoms with E-state index in [9.17, 15) is 0 Å². The third kappa shape index (κ3) is 5.13. The van der Waals surface area contributed by atoms with Crippen molar-refractivity contribution in [3.05, 3.63) is 85.8 Å². The molecule has 3 nitrogen and oxygen atoms in total. The van der Waals surface area contributed by atoms with Crippen LogP contribution in [0.5, 0.6) is 11.5 Å². The number of aryl methyl sites for hydroxylation is 1. The number of benzene rings is 3. The topological polar surface area (TPSA) is 30.5 Å². The lowest BCUT2D eigenvalue weighted by Gasteiger charge is -2.18. The monoisotopic (exact) mass is 479 g/mol. The van der Waals surface area contributed by atoms with E-state index in [1.807, 2.05) is 18.2 Å². The predicted octanol–water partition coefficient (Wildman–Crippen LogP) is 7.26. The van der Waals surface area contributed by atoms with Crippen molar-refractivity contribution in [3.8, 4) is 11.5 Å². The molecule has 0 saturated carbocycles. The van der Waals surface area contributed by atoms with Gasteiger partial charge in [0, 0.05) is 22.3 Å². The van der Waals surface area contributed by atoms with E-state index in [-0.39, 0.29) is 0 Å². The van der Waals surface area contributed by atoms with Crippen LogP contribution in [-0.4, -0.2) is 7.11 Å². The quantitative estimate of drug-likeness (QED) is 0.385. The first-order chi connectivity index (χ1) is 13.5. The van der Waals surface area contributed by atoms with Gasteiger partial charge in [-0.2, -0.15) is 0 Å². The van der Waals surface area contributed by atoms with E-state index in [1.54, 1.807) is 19.2 Å². The van der Waals surface area contributed by atoms with Crippen LogP contribution < -0.4 is 14.8 Å². The first-order valence-electron chi connectivity index (χ1n) is 8.70. The van der Waals surface area contributed by atoms with Crippen molar-refractivity contribution < 1.29 is 9.47 Å². The van der Waals surface area contributed by atoms with E-state index in [0.29, 0.717) is 34.7 Å². The van der Waals surface area contributed by atoms with Gasteiger partial charge >= 0.3 is 0 Å². The first-order valence-corrected chi connectivity index (χ1v) is 10.3. The van der Waals surface area contributed by atoms with Crippen LogP contribution in [0.15, 0.2) is 59.1 Å². The second kappa shape index (κ2) is 9.55. The summed E-state index contributed by atoms with van der Waals surface area (Å²) in [5.74, 6) is 1.38. The summed E-state index contributed by atoms with van der Waals surface area (Å²) in [6.45, 7) is 3.04. The summed E-state index contributed by atoms with van der Waals surface area (Å²) >= 11 is 15.7. The van der Waals surface area contributed by atoms with Gasteiger partial charge in [0.25, 0.3) is 0 Å². The van der Waals surface area contributed by atoms with Crippen LogP contribution in [0, 0.1) is 6.92 Å². The van der Waals surface area contributed by atoms with E-state index in [2.05, 4.69) is 52.4 Å². The van der Waals surface area contributed by atoms with Crippen LogP contribution in [0.1, 0.15) is 16.7 Å². The maximum Gasteiger partial charge on any atom is 0.167 e. The standard InChI is InChI=1S/C22H20BrCl2NO2/c1-14-3-5-15(6-4-14)13-28-22-17(18(23)8-10-21(22)27-2)12-26-16-7-9-19(24)20(25)11-16/h3-11,26H,12-13H2,1-2H3. The molecule has 0 atom stereocenters. The molecule has 6 heteroatoms. The lowest BCUT2D eigenvalue weighted by atomic mass is 10.1. The Labute approximate surface area is 183 Å². The van der Waals surface area contributed by atoms with Gasteiger partial charge in [0.2, 0.25) is 0 Å². The molecule has 0 aromatic heterocycles. The van der Waals surface area contributed by atoms with Gasteiger partial charge in [-0.15, -0.1) is 0 Å². The smallest absolute Gasteiger partial charge is 0.167 e. The molecule has 146 valence electrons. The zero-order valence-corrected chi connectivity index (χ0v) is 18.7. The summed E-state index contributed by atoms with van der Waals surface area (Å²) in [5.41, 5.74) is 4.14. The van der Waals surface area contributed by atoms with Crippen molar-refractivity contribution in [2.45, 2.75) is 20.1 Å². The third-order valence-corrected chi connectivity index (χ3v) is 5.76. The molecule has 0 aliphatic rings. The fraction of sp³-hybridized carbons (Fsp3) is 0.182. The minimum atomic E-state index is 0.451. The lowest BCUT2D eigenvalue weighted by Crippen LogP contribution is -2.06. The van der Waals surface area contributed by atoms with Crippen molar-refractivity contribution in [2.75, 3.05) is 12.4 Å². The summed E-state index contributed by atoms with van der Waals surface area (Å²) in [5, 5.41) is 4.39. The summed E-state index contributed by atoms with van der Waals surface area (Å²) in [7, 11) is 1.64. The molecule has 0 unspecified atom stereocenters. The first kappa shape index (κ1) is 20.8. The van der Waals surface area contributed by atoms with Crippen molar-refractivity contribution in [1.29, 1.82) is 0 Å². The van der Waals surface area contributed by atoms with Gasteiger partial charge in [0.1, 0.15) is 6.61 Å². The number of rotatable bonds is 7. The van der Waals surface area contributed by atoms with Crippen LogP contribution in [-0.2, 0) is 13.2 Å². The summed E-state index contributed by atoms with van der Waals surface area (Å²) in [4.78, 5) is 0. The highest BCUT2D eigenvalue weighted by Gasteiger charge is 2.15. The average molecular weight is 481 g/mol. The molecular weight excluding hydrogens is 461 g/mol. The molecule has 0 aliphatic heterocycles. The third-order valence-electron chi connectivity index (χ3n) is 4.28. The van der Waals surface area contributed by atoms with E-state index in [0.717, 1.165) is 21.3 Å². The largest absolute Gasteiger partial charge is 0.493 e. The number of hydrogen-bond acceptors (Lipinski definition) is 3. The molecular formula is C22H20BrCl2NO2. The van der Waals surface area contributed by atoms with Gasteiger partial charge in [0.15, 0.2) is 11.5 Å². The molecule has 0 amide bonds. The summed E-state index contributed by atoms with van der Waals surface area (Å²) < 4.78 is 12.6. The second-order valence-corrected chi connectivity index (χ2v) is 7.98. The van der Waals surface area contributed by atoms with Gasteiger partial charge in [-0.05, 0) is 42.8 Å². The molecule has 3 rings (SSSR count). The number of halogens is 3. The van der Waals surface area contributed by atoms with Crippen LogP contribution >= 0.6 is 39.1 Å². The molecule has 0 fully saturated rings. The van der Waals surface area contributed by atoms with E-state index < -0.39 is 0 Å². The van der Waals surface area contributed by atoms with E-state index >= 15 is 0 Å². The normalized spacial score (nSPS) is 10.6. The van der Waals surface area contributed by atoms with Gasteiger partial charge in [-0.25, -0.2) is 0 Å². The van der Waals surface area contributed by atoms with Crippen LogP contribution in [0.4, 0.5) is 5.69 Å². The average Bonchev–Trinajstić information content (AvgIpc) is 2.69. The maximum atomic E-state index is 6.16. The van der Waals surface area contributed by atoms with Crippen LogP contribution in [0.25, 0.3) is 0 Å². The van der Waals surface area contributed by atoms with Crippen LogP contribution in [0.2, 0.25) is 10.0 Å². The Kier molecular flexibility index (Phi) is 7.11. The van der Waals surface area contributed by atoms with E-state index in [4.69, 9.17) is 32.7 Å². The molecule has 0 bridgehead atoms. The SMILES string of the molecule is COc1ccc(Br)c(CNc2ccc(Cl)c(Cl)c2)c1OCc1ccc(C)cc1. The number of nitrogens with one attached hydrogen (secondary N) is 1. The molecule has 3 aromatic carbocycles. The molecule has 0 aliphatic carbocycles. The zero-order chi connectivity index (χ0) is 20.1. The van der Waals surface area contributed by atoms with E-state index in [1.165, 1.54) is 5.56 Å². The minimum absolute atomic E-state index is 0.451. The maximum absolute atomic E-state index is 6.16. The highest BCUT2D eigenvalue weighted by Crippen LogP contribution is 2.37. The number of methoxy groups -OCH3 is 1. The van der Waals surface area contributed by atoms with Gasteiger partial charge in [-0.1, -0.05) is 69.0 Å². The fourth-order valence-electron chi connectivity index (χ4n) is 2.70. The molecule has 28 heavy (non-hydrogen) atoms. The fourth-order valence-corrected chi connectivity index (χ4v) is 3.45. The Morgan fingerprint density at radius 1 is 0.964 bits per heavy atom. The van der Waals surface area contributed by atoms with Crippen molar-refractivity contribution >= 4 is 44.8 Å². The molecule has 0 radical (unpaired) electrons. The van der Waals surface area contributed by atoms with Gasteiger partial charge in [-0.3, -0.25) is 0 Å². The highest BCUT2D eigenvalue weighted by molar-refractivity contribution is 9.10. The molecule has 0 spiro atoms. The Hall–Kier alpha value is -1.88. The van der Waals surface area contributed by atoms with Crippen molar-refractivity contribution in [2.24, 2.45) is 0 Å². The Morgan fingerprint density at radius 3 is 2.39 bits per heavy atom. The summed E-state index contributed by atoms with van der Waals surface area (Å²) in [6, 6.07) is 17.6. The zero-order valence-electron chi connectivity index (χ0n) is 15.6. The predicted molar refractivity (Wildman–Crippen MR) is 120 cm³/mol. The highest BCUT2D eigenvalue weighted by atomic mass is 79.9. The Balaban J connectivity index is 1.82. The van der Waals surface area contributed by atoms with Crippen LogP contribution in [0.3, 0.4) is 0 Å². The van der Waals surface area contributed by atoms with Crippen molar-refractivity contribution in [3.63, 3.8) is 0 Å². The van der Waals surface area contributed by atoms with Gasteiger partial charge < -0.3 is 14.8 Å². The minimum Gasteiger partial charge on any atom is -0.493 e. The number of ether oxygens (including phenoxy) is 2. The molecule has 0 saturated heterocycles. The Morgan fingerprint density at radius 2 is 1.71 bits per heavy atom. The van der Waals surface area contributed by atoms with Crippen molar-refractivity contribution in [1.82, 2.24) is 0 Å². The number of hydrogen-bond donors (Lipinski definition) is 1. The summed E-state index contributed by atoms with van der Waals surface area (Å²) in [6.07, 6.45) is 0. The van der Waals surface area contributed by atoms with Gasteiger partial charge in [0.05, 0.1) is 17.2 Å². The second-order valence-electron chi connectivity index (χ2n) is 6.31. The lowest BCUT2D eigenvalue weighted by molar-refractivity contribution is 0.281. The number of anilines is 1. The molecule has 0 heterocycles. The molecule has 1 N–H and O–H groups in total.